The summed E-state index contributed by atoms with van der Waals surface area (Å²) in [5.41, 5.74) is 13.6. The molecule has 3 nitrogen and oxygen atoms in total. The number of benzene rings is 8. The average molecular weight is 745 g/mol. The third kappa shape index (κ3) is 5.08. The van der Waals surface area contributed by atoms with Crippen molar-refractivity contribution < 1.29 is 4.42 Å². The van der Waals surface area contributed by atoms with Crippen LogP contribution < -0.4 is 0 Å². The Kier molecular flexibility index (Phi) is 7.10. The summed E-state index contributed by atoms with van der Waals surface area (Å²) in [5, 5.41) is 7.39. The molecule has 4 heteroatoms. The van der Waals surface area contributed by atoms with Gasteiger partial charge in [0.2, 0.25) is 0 Å². The zero-order valence-electron chi connectivity index (χ0n) is 30.7. The lowest BCUT2D eigenvalue weighted by Crippen LogP contribution is -1.96. The molecule has 0 unspecified atom stereocenters. The molecule has 0 radical (unpaired) electrons. The average Bonchev–Trinajstić information content (AvgIpc) is 3.96. The first-order valence-electron chi connectivity index (χ1n) is 19.3. The summed E-state index contributed by atoms with van der Waals surface area (Å²) >= 11 is 1.87. The minimum absolute atomic E-state index is 0.847. The van der Waals surface area contributed by atoms with Crippen LogP contribution in [0.1, 0.15) is 0 Å². The van der Waals surface area contributed by atoms with E-state index in [2.05, 4.69) is 187 Å². The molecule has 0 amide bonds. The highest BCUT2D eigenvalue weighted by Crippen LogP contribution is 2.44. The van der Waals surface area contributed by atoms with Crippen molar-refractivity contribution in [3.63, 3.8) is 0 Å². The molecule has 12 aromatic rings. The fourth-order valence-electron chi connectivity index (χ4n) is 8.77. The second-order valence-electron chi connectivity index (χ2n) is 14.7. The molecule has 0 aliphatic heterocycles. The number of hydrogen-bond acceptors (Lipinski definition) is 3. The Morgan fingerprint density at radius 2 is 1.07 bits per heavy atom. The number of hydrogen-bond donors (Lipinski definition) is 0. The lowest BCUT2D eigenvalue weighted by atomic mass is 9.97. The molecule has 57 heavy (non-hydrogen) atoms. The van der Waals surface area contributed by atoms with Crippen LogP contribution in [-0.4, -0.2) is 9.55 Å². The van der Waals surface area contributed by atoms with Crippen molar-refractivity contribution in [1.82, 2.24) is 9.55 Å². The molecular weight excluding hydrogens is 713 g/mol. The number of nitrogens with zero attached hydrogens (tertiary/aromatic N) is 2. The van der Waals surface area contributed by atoms with Crippen LogP contribution in [0.3, 0.4) is 0 Å². The smallest absolute Gasteiger partial charge is 0.144 e. The van der Waals surface area contributed by atoms with E-state index >= 15 is 0 Å². The standard InChI is InChI=1S/C53H32N2OS/c1-2-12-33(13-3-1)34-24-26-35(27-25-34)37-31-44(54-45(32-37)41-20-11-19-40-39-16-5-8-22-48(39)56-53(40)41)36-14-10-15-38(30-36)55-46-21-7-4-17-42(46)51-47(55)28-29-50-52(51)43-18-6-9-23-49(43)57-50/h1-32H. The van der Waals surface area contributed by atoms with Crippen LogP contribution in [0, 0.1) is 0 Å². The quantitative estimate of drug-likeness (QED) is 0.176. The molecule has 4 heterocycles. The zero-order chi connectivity index (χ0) is 37.5. The van der Waals surface area contributed by atoms with E-state index in [1.54, 1.807) is 0 Å². The molecule has 0 N–H and O–H groups in total. The number of thiophene rings is 1. The summed E-state index contributed by atoms with van der Waals surface area (Å²) in [6.07, 6.45) is 0. The van der Waals surface area contributed by atoms with Gasteiger partial charge in [-0.3, -0.25) is 0 Å². The lowest BCUT2D eigenvalue weighted by Gasteiger charge is -2.13. The van der Waals surface area contributed by atoms with Crippen LogP contribution in [0.2, 0.25) is 0 Å². The largest absolute Gasteiger partial charge is 0.455 e. The van der Waals surface area contributed by atoms with E-state index in [9.17, 15) is 0 Å². The maximum atomic E-state index is 6.55. The zero-order valence-corrected chi connectivity index (χ0v) is 31.5. The summed E-state index contributed by atoms with van der Waals surface area (Å²) in [6.45, 7) is 0. The Morgan fingerprint density at radius 1 is 0.404 bits per heavy atom. The maximum absolute atomic E-state index is 6.55. The van der Waals surface area contributed by atoms with E-state index in [1.165, 1.54) is 53.1 Å². The predicted molar refractivity (Wildman–Crippen MR) is 240 cm³/mol. The Hall–Kier alpha value is -7.27. The van der Waals surface area contributed by atoms with E-state index in [1.807, 2.05) is 23.5 Å². The highest BCUT2D eigenvalue weighted by molar-refractivity contribution is 7.26. The van der Waals surface area contributed by atoms with Gasteiger partial charge in [0.1, 0.15) is 11.2 Å². The predicted octanol–water partition coefficient (Wildman–Crippen LogP) is 15.1. The molecule has 266 valence electrons. The molecule has 0 atom stereocenters. The van der Waals surface area contributed by atoms with Crippen molar-refractivity contribution in [3.05, 3.63) is 194 Å². The third-order valence-electron chi connectivity index (χ3n) is 11.4. The van der Waals surface area contributed by atoms with Crippen molar-refractivity contribution >= 4 is 75.3 Å². The van der Waals surface area contributed by atoms with Gasteiger partial charge in [-0.2, -0.15) is 0 Å². The van der Waals surface area contributed by atoms with Gasteiger partial charge in [0.25, 0.3) is 0 Å². The van der Waals surface area contributed by atoms with Crippen LogP contribution in [0.15, 0.2) is 199 Å². The summed E-state index contributed by atoms with van der Waals surface area (Å²) in [5.74, 6) is 0. The SMILES string of the molecule is c1ccc(-c2ccc(-c3cc(-c4cccc(-n5c6ccccc6c6c7c(ccc65)sc5ccccc57)c4)nc(-c4cccc5c4oc4ccccc45)c3)cc2)cc1. The first-order chi connectivity index (χ1) is 28.2. The molecule has 12 rings (SSSR count). The second kappa shape index (κ2) is 12.6. The summed E-state index contributed by atoms with van der Waals surface area (Å²) in [6, 6.07) is 69.5. The van der Waals surface area contributed by atoms with Gasteiger partial charge >= 0.3 is 0 Å². The van der Waals surface area contributed by atoms with Gasteiger partial charge < -0.3 is 8.98 Å². The number of fused-ring (bicyclic) bond motifs is 10. The molecule has 0 saturated carbocycles. The number of pyridine rings is 1. The van der Waals surface area contributed by atoms with Crippen LogP contribution in [-0.2, 0) is 0 Å². The Bertz CT molecular complexity index is 3520. The van der Waals surface area contributed by atoms with E-state index in [-0.39, 0.29) is 0 Å². The van der Waals surface area contributed by atoms with Gasteiger partial charge in [0.05, 0.1) is 22.4 Å². The number of aromatic nitrogens is 2. The monoisotopic (exact) mass is 744 g/mol. The van der Waals surface area contributed by atoms with Crippen molar-refractivity contribution in [2.24, 2.45) is 0 Å². The van der Waals surface area contributed by atoms with Crippen molar-refractivity contribution in [2.45, 2.75) is 0 Å². The van der Waals surface area contributed by atoms with E-state index in [4.69, 9.17) is 9.40 Å². The molecule has 0 fully saturated rings. The van der Waals surface area contributed by atoms with E-state index in [0.29, 0.717) is 0 Å². The van der Waals surface area contributed by atoms with Crippen LogP contribution in [0.25, 0.3) is 114 Å². The summed E-state index contributed by atoms with van der Waals surface area (Å²) in [7, 11) is 0. The van der Waals surface area contributed by atoms with Gasteiger partial charge in [-0.05, 0) is 82.9 Å². The van der Waals surface area contributed by atoms with Crippen LogP contribution >= 0.6 is 11.3 Å². The van der Waals surface area contributed by atoms with Crippen LogP contribution in [0.5, 0.6) is 0 Å². The van der Waals surface area contributed by atoms with Crippen molar-refractivity contribution in [2.75, 3.05) is 0 Å². The topological polar surface area (TPSA) is 31.0 Å². The summed E-state index contributed by atoms with van der Waals surface area (Å²) in [4.78, 5) is 5.43. The van der Waals surface area contributed by atoms with Gasteiger partial charge in [-0.15, -0.1) is 11.3 Å². The molecule has 4 aromatic heterocycles. The Morgan fingerprint density at radius 3 is 1.95 bits per heavy atom. The minimum atomic E-state index is 0.847. The second-order valence-corrected chi connectivity index (χ2v) is 15.8. The lowest BCUT2D eigenvalue weighted by molar-refractivity contribution is 0.670. The maximum Gasteiger partial charge on any atom is 0.144 e. The Balaban J connectivity index is 1.06. The fraction of sp³-hybridized carbons (Fsp3) is 0. The molecule has 0 bridgehead atoms. The highest BCUT2D eigenvalue weighted by atomic mass is 32.1. The van der Waals surface area contributed by atoms with Crippen molar-refractivity contribution in [3.8, 4) is 50.5 Å². The molecule has 0 aliphatic carbocycles. The number of furan rings is 1. The third-order valence-corrected chi connectivity index (χ3v) is 12.5. The van der Waals surface area contributed by atoms with E-state index in [0.717, 1.165) is 61.3 Å². The molecule has 0 aliphatic rings. The number of rotatable bonds is 5. The van der Waals surface area contributed by atoms with Gasteiger partial charge in [-0.25, -0.2) is 4.98 Å². The van der Waals surface area contributed by atoms with Gasteiger partial charge in [0.15, 0.2) is 0 Å². The normalized spacial score (nSPS) is 11.9. The molecule has 0 saturated heterocycles. The fourth-order valence-corrected chi connectivity index (χ4v) is 9.89. The van der Waals surface area contributed by atoms with Crippen molar-refractivity contribution in [1.29, 1.82) is 0 Å². The number of para-hydroxylation sites is 3. The highest BCUT2D eigenvalue weighted by Gasteiger charge is 2.19. The molecule has 0 spiro atoms. The minimum Gasteiger partial charge on any atom is -0.455 e. The molecular formula is C53H32N2OS. The molecule has 8 aromatic carbocycles. The van der Waals surface area contributed by atoms with Gasteiger partial charge in [0, 0.05) is 58.5 Å². The Labute approximate surface area is 332 Å². The first kappa shape index (κ1) is 32.0. The van der Waals surface area contributed by atoms with E-state index < -0.39 is 0 Å². The summed E-state index contributed by atoms with van der Waals surface area (Å²) < 4.78 is 11.6. The first-order valence-corrected chi connectivity index (χ1v) is 20.1. The van der Waals surface area contributed by atoms with Gasteiger partial charge in [-0.1, -0.05) is 133 Å². The van der Waals surface area contributed by atoms with Crippen LogP contribution in [0.4, 0.5) is 0 Å².